The Morgan fingerprint density at radius 3 is 3.00 bits per heavy atom. The SMILES string of the molecule is CCSSCC1C(=O)OCN1C(=O)O. The van der Waals surface area contributed by atoms with Gasteiger partial charge in [-0.2, -0.15) is 0 Å². The van der Waals surface area contributed by atoms with Crippen molar-refractivity contribution in [3.05, 3.63) is 0 Å². The van der Waals surface area contributed by atoms with Crippen LogP contribution in [0.25, 0.3) is 0 Å². The van der Waals surface area contributed by atoms with E-state index >= 15 is 0 Å². The van der Waals surface area contributed by atoms with E-state index in [0.29, 0.717) is 5.75 Å². The molecule has 1 aliphatic heterocycles. The number of ether oxygens (including phenoxy) is 1. The maximum absolute atomic E-state index is 11.1. The average Bonchev–Trinajstić information content (AvgIpc) is 2.48. The van der Waals surface area contributed by atoms with E-state index in [2.05, 4.69) is 4.74 Å². The third-order valence-electron chi connectivity index (χ3n) is 1.67. The molecule has 0 aromatic heterocycles. The molecule has 0 radical (unpaired) electrons. The van der Waals surface area contributed by atoms with Gasteiger partial charge in [0.2, 0.25) is 0 Å². The van der Waals surface area contributed by atoms with Gasteiger partial charge in [0.25, 0.3) is 0 Å². The molecule has 0 saturated carbocycles. The highest BCUT2D eigenvalue weighted by Gasteiger charge is 2.37. The Hall–Kier alpha value is -0.560. The first kappa shape index (κ1) is 11.5. The minimum Gasteiger partial charge on any atom is -0.465 e. The van der Waals surface area contributed by atoms with Crippen molar-refractivity contribution in [1.29, 1.82) is 0 Å². The van der Waals surface area contributed by atoms with Crippen LogP contribution in [0.5, 0.6) is 0 Å². The van der Waals surface area contributed by atoms with Crippen LogP contribution in [0.4, 0.5) is 4.79 Å². The van der Waals surface area contributed by atoms with Gasteiger partial charge in [0, 0.05) is 11.5 Å². The summed E-state index contributed by atoms with van der Waals surface area (Å²) in [5.74, 6) is 0.931. The van der Waals surface area contributed by atoms with Crippen molar-refractivity contribution in [2.24, 2.45) is 0 Å². The van der Waals surface area contributed by atoms with Gasteiger partial charge in [-0.25, -0.2) is 9.59 Å². The minimum absolute atomic E-state index is 0.143. The molecular weight excluding hydrogens is 226 g/mol. The molecule has 0 bridgehead atoms. The first-order valence-electron chi connectivity index (χ1n) is 4.07. The molecule has 0 aromatic carbocycles. The van der Waals surface area contributed by atoms with Crippen LogP contribution < -0.4 is 0 Å². The van der Waals surface area contributed by atoms with Gasteiger partial charge in [-0.1, -0.05) is 28.5 Å². The molecule has 1 aliphatic rings. The number of cyclic esters (lactones) is 1. The van der Waals surface area contributed by atoms with Crippen LogP contribution in [-0.4, -0.2) is 46.3 Å². The molecule has 1 unspecified atom stereocenters. The van der Waals surface area contributed by atoms with Crippen LogP contribution in [0.3, 0.4) is 0 Å². The normalized spacial score (nSPS) is 21.1. The Morgan fingerprint density at radius 1 is 1.71 bits per heavy atom. The van der Waals surface area contributed by atoms with E-state index in [-0.39, 0.29) is 6.73 Å². The second kappa shape index (κ2) is 5.35. The van der Waals surface area contributed by atoms with E-state index in [1.54, 1.807) is 10.8 Å². The molecule has 1 fully saturated rings. The molecule has 7 heteroatoms. The molecule has 0 aromatic rings. The first-order valence-corrected chi connectivity index (χ1v) is 6.56. The van der Waals surface area contributed by atoms with Crippen molar-refractivity contribution in [2.45, 2.75) is 13.0 Å². The van der Waals surface area contributed by atoms with Crippen molar-refractivity contribution in [3.63, 3.8) is 0 Å². The lowest BCUT2D eigenvalue weighted by Gasteiger charge is -2.15. The van der Waals surface area contributed by atoms with Crippen molar-refractivity contribution < 1.29 is 19.4 Å². The lowest BCUT2D eigenvalue weighted by Crippen LogP contribution is -2.38. The summed E-state index contributed by atoms with van der Waals surface area (Å²) in [7, 11) is 3.09. The number of amides is 1. The maximum atomic E-state index is 11.1. The lowest BCUT2D eigenvalue weighted by atomic mass is 10.3. The van der Waals surface area contributed by atoms with E-state index in [0.717, 1.165) is 10.7 Å². The summed E-state index contributed by atoms with van der Waals surface area (Å²) in [6.45, 7) is 1.86. The third kappa shape index (κ3) is 2.71. The standard InChI is InChI=1S/C7H11NO4S2/c1-2-13-14-3-5-6(9)12-4-8(5)7(10)11/h5H,2-4H2,1H3,(H,10,11). The highest BCUT2D eigenvalue weighted by atomic mass is 33.1. The second-order valence-electron chi connectivity index (χ2n) is 2.55. The van der Waals surface area contributed by atoms with E-state index in [1.165, 1.54) is 10.8 Å². The summed E-state index contributed by atoms with van der Waals surface area (Å²) < 4.78 is 4.65. The Labute approximate surface area is 89.6 Å². The quantitative estimate of drug-likeness (QED) is 0.451. The average molecular weight is 237 g/mol. The zero-order chi connectivity index (χ0) is 10.6. The zero-order valence-corrected chi connectivity index (χ0v) is 9.27. The molecule has 80 valence electrons. The number of nitrogens with zero attached hydrogens (tertiary/aromatic N) is 1. The lowest BCUT2D eigenvalue weighted by molar-refractivity contribution is -0.138. The highest BCUT2D eigenvalue weighted by Crippen LogP contribution is 2.25. The molecule has 1 N–H and O–H groups in total. The van der Waals surface area contributed by atoms with Crippen molar-refractivity contribution in [3.8, 4) is 0 Å². The minimum atomic E-state index is -1.11. The summed E-state index contributed by atoms with van der Waals surface area (Å²) in [6.07, 6.45) is -1.11. The van der Waals surface area contributed by atoms with Crippen molar-refractivity contribution in [2.75, 3.05) is 18.2 Å². The summed E-state index contributed by atoms with van der Waals surface area (Å²) >= 11 is 0. The number of hydrogen-bond acceptors (Lipinski definition) is 5. The van der Waals surface area contributed by atoms with Crippen molar-refractivity contribution >= 4 is 33.7 Å². The molecule has 1 saturated heterocycles. The molecule has 1 amide bonds. The first-order chi connectivity index (χ1) is 6.66. The molecule has 1 rings (SSSR count). The number of carbonyl (C=O) groups excluding carboxylic acids is 1. The van der Waals surface area contributed by atoms with Crippen molar-refractivity contribution in [1.82, 2.24) is 4.90 Å². The highest BCUT2D eigenvalue weighted by molar-refractivity contribution is 8.76. The van der Waals surface area contributed by atoms with Gasteiger partial charge < -0.3 is 9.84 Å². The molecule has 0 aliphatic carbocycles. The fourth-order valence-corrected chi connectivity index (χ4v) is 2.87. The number of rotatable bonds is 4. The van der Waals surface area contributed by atoms with Gasteiger partial charge in [0.15, 0.2) is 6.73 Å². The fourth-order valence-electron chi connectivity index (χ4n) is 0.989. The summed E-state index contributed by atoms with van der Waals surface area (Å²) in [4.78, 5) is 22.8. The molecule has 1 atom stereocenters. The van der Waals surface area contributed by atoms with Crippen LogP contribution in [0.2, 0.25) is 0 Å². The Kier molecular flexibility index (Phi) is 4.40. The van der Waals surface area contributed by atoms with E-state index < -0.39 is 18.1 Å². The summed E-state index contributed by atoms with van der Waals surface area (Å²) in [6, 6.07) is -0.642. The number of carbonyl (C=O) groups is 2. The molecular formula is C7H11NO4S2. The Morgan fingerprint density at radius 2 is 2.43 bits per heavy atom. The smallest absolute Gasteiger partial charge is 0.410 e. The Balaban J connectivity index is 2.45. The van der Waals surface area contributed by atoms with Crippen LogP contribution in [0, 0.1) is 0 Å². The number of hydrogen-bond donors (Lipinski definition) is 1. The van der Waals surface area contributed by atoms with Crippen LogP contribution in [-0.2, 0) is 9.53 Å². The van der Waals surface area contributed by atoms with Crippen LogP contribution in [0.1, 0.15) is 6.92 Å². The zero-order valence-electron chi connectivity index (χ0n) is 7.63. The van der Waals surface area contributed by atoms with Gasteiger partial charge in [-0.3, -0.25) is 4.90 Å². The van der Waals surface area contributed by atoms with E-state index in [9.17, 15) is 9.59 Å². The van der Waals surface area contributed by atoms with E-state index in [4.69, 9.17) is 5.11 Å². The largest absolute Gasteiger partial charge is 0.465 e. The van der Waals surface area contributed by atoms with Gasteiger partial charge in [-0.15, -0.1) is 0 Å². The van der Waals surface area contributed by atoms with Gasteiger partial charge in [0.05, 0.1) is 0 Å². The maximum Gasteiger partial charge on any atom is 0.410 e. The molecule has 0 spiro atoms. The van der Waals surface area contributed by atoms with Crippen LogP contribution >= 0.6 is 21.6 Å². The predicted octanol–water partition coefficient (Wildman–Crippen LogP) is 1.25. The molecule has 1 heterocycles. The van der Waals surface area contributed by atoms with E-state index in [1.807, 2.05) is 6.92 Å². The van der Waals surface area contributed by atoms with Gasteiger partial charge in [0.1, 0.15) is 6.04 Å². The number of esters is 1. The monoisotopic (exact) mass is 237 g/mol. The van der Waals surface area contributed by atoms with Gasteiger partial charge in [-0.05, 0) is 0 Å². The Bertz CT molecular complexity index is 236. The third-order valence-corrected chi connectivity index (χ3v) is 4.14. The predicted molar refractivity (Wildman–Crippen MR) is 55.2 cm³/mol. The molecule has 5 nitrogen and oxygen atoms in total. The summed E-state index contributed by atoms with van der Waals surface area (Å²) in [5.41, 5.74) is 0. The summed E-state index contributed by atoms with van der Waals surface area (Å²) in [5, 5.41) is 8.74. The number of carboxylic acid groups (broad SMARTS) is 1. The molecule has 14 heavy (non-hydrogen) atoms. The van der Waals surface area contributed by atoms with Gasteiger partial charge >= 0.3 is 12.1 Å². The topological polar surface area (TPSA) is 66.8 Å². The fraction of sp³-hybridized carbons (Fsp3) is 0.714. The van der Waals surface area contributed by atoms with Crippen LogP contribution in [0.15, 0.2) is 0 Å². The second-order valence-corrected chi connectivity index (χ2v) is 5.35.